The molecule has 100 valence electrons. The van der Waals surface area contributed by atoms with Gasteiger partial charge in [0.2, 0.25) is 5.13 Å². The van der Waals surface area contributed by atoms with Crippen molar-refractivity contribution in [2.24, 2.45) is 4.99 Å². The van der Waals surface area contributed by atoms with Crippen LogP contribution in [0.1, 0.15) is 5.01 Å². The lowest BCUT2D eigenvalue weighted by Crippen LogP contribution is -2.11. The molecule has 10 heteroatoms. The lowest BCUT2D eigenvalue weighted by atomic mass is 10.7. The molecule has 0 atom stereocenters. The molecule has 0 aromatic carbocycles. The van der Waals surface area contributed by atoms with Gasteiger partial charge < -0.3 is 5.73 Å². The first kappa shape index (κ1) is 15.2. The second-order valence-electron chi connectivity index (χ2n) is 3.06. The second-order valence-corrected chi connectivity index (χ2v) is 6.14. The average molecular weight is 307 g/mol. The number of thioether (sulfide) groups is 2. The number of hydrogen-bond donors (Lipinski definition) is 1. The lowest BCUT2D eigenvalue weighted by Gasteiger charge is -1.98. The van der Waals surface area contributed by atoms with E-state index >= 15 is 0 Å². The number of anilines is 1. The fourth-order valence-corrected chi connectivity index (χ4v) is 2.95. The van der Waals surface area contributed by atoms with Gasteiger partial charge in [0.05, 0.1) is 0 Å². The third-order valence-electron chi connectivity index (χ3n) is 1.73. The molecule has 1 heterocycles. The van der Waals surface area contributed by atoms with E-state index in [0.29, 0.717) is 16.7 Å². The van der Waals surface area contributed by atoms with Crippen molar-refractivity contribution >= 4 is 45.0 Å². The minimum Gasteiger partial charge on any atom is -0.374 e. The molecule has 0 spiro atoms. The number of nitrogen functional groups attached to an aromatic ring is 1. The van der Waals surface area contributed by atoms with Crippen LogP contribution in [-0.4, -0.2) is 45.3 Å². The topological polar surface area (TPSA) is 107 Å². The average Bonchev–Trinajstić information content (AvgIpc) is 2.72. The molecule has 0 bridgehead atoms. The van der Waals surface area contributed by atoms with Gasteiger partial charge in [-0.05, 0) is 6.26 Å². The highest BCUT2D eigenvalue weighted by molar-refractivity contribution is 8.13. The Labute approximate surface area is 117 Å². The SMILES string of the molecule is CSC(C[N+](=O)[O-])=NCCSCc1nnc(N)s1. The molecule has 1 aromatic rings. The summed E-state index contributed by atoms with van der Waals surface area (Å²) in [6.07, 6.45) is 1.79. The van der Waals surface area contributed by atoms with E-state index in [1.165, 1.54) is 23.1 Å². The van der Waals surface area contributed by atoms with E-state index in [-0.39, 0.29) is 11.5 Å². The van der Waals surface area contributed by atoms with Crippen LogP contribution in [0.4, 0.5) is 5.13 Å². The van der Waals surface area contributed by atoms with Gasteiger partial charge in [-0.3, -0.25) is 15.1 Å². The number of nitrogens with zero attached hydrogens (tertiary/aromatic N) is 4. The number of aliphatic imine (C=N–C) groups is 1. The summed E-state index contributed by atoms with van der Waals surface area (Å²) < 4.78 is 0. The molecule has 18 heavy (non-hydrogen) atoms. The summed E-state index contributed by atoms with van der Waals surface area (Å²) in [5.74, 6) is 1.54. The van der Waals surface area contributed by atoms with E-state index in [2.05, 4.69) is 15.2 Å². The molecule has 0 amide bonds. The predicted octanol–water partition coefficient (Wildman–Crippen LogP) is 1.39. The van der Waals surface area contributed by atoms with Crippen molar-refractivity contribution in [2.45, 2.75) is 5.75 Å². The predicted molar refractivity (Wildman–Crippen MR) is 78.2 cm³/mol. The third kappa shape index (κ3) is 6.17. The molecule has 0 aliphatic heterocycles. The van der Waals surface area contributed by atoms with Crippen LogP contribution < -0.4 is 5.73 Å². The van der Waals surface area contributed by atoms with Crippen LogP contribution in [0.2, 0.25) is 0 Å². The summed E-state index contributed by atoms with van der Waals surface area (Å²) in [5.41, 5.74) is 5.46. The van der Waals surface area contributed by atoms with Crippen molar-refractivity contribution in [1.29, 1.82) is 0 Å². The van der Waals surface area contributed by atoms with Crippen molar-refractivity contribution in [1.82, 2.24) is 10.2 Å². The molecular formula is C8H13N5O2S3. The maximum Gasteiger partial charge on any atom is 0.250 e. The Morgan fingerprint density at radius 2 is 2.39 bits per heavy atom. The summed E-state index contributed by atoms with van der Waals surface area (Å²) in [6.45, 7) is 0.377. The summed E-state index contributed by atoms with van der Waals surface area (Å²) in [6, 6.07) is 0. The van der Waals surface area contributed by atoms with Crippen molar-refractivity contribution in [3.63, 3.8) is 0 Å². The lowest BCUT2D eigenvalue weighted by molar-refractivity contribution is -0.462. The number of nitrogens with two attached hydrogens (primary N) is 1. The Bertz CT molecular complexity index is 423. The van der Waals surface area contributed by atoms with E-state index in [1.807, 2.05) is 0 Å². The summed E-state index contributed by atoms with van der Waals surface area (Å²) in [5, 5.41) is 19.9. The molecule has 0 saturated carbocycles. The van der Waals surface area contributed by atoms with Gasteiger partial charge in [0, 0.05) is 23.0 Å². The third-order valence-corrected chi connectivity index (χ3v) is 4.35. The highest BCUT2D eigenvalue weighted by atomic mass is 32.2. The molecular weight excluding hydrogens is 294 g/mol. The Morgan fingerprint density at radius 3 is 2.94 bits per heavy atom. The first-order valence-corrected chi connectivity index (χ1v) is 8.16. The van der Waals surface area contributed by atoms with Gasteiger partial charge in [-0.2, -0.15) is 11.8 Å². The Morgan fingerprint density at radius 1 is 1.61 bits per heavy atom. The van der Waals surface area contributed by atoms with Crippen LogP contribution in [-0.2, 0) is 5.75 Å². The monoisotopic (exact) mass is 307 g/mol. The van der Waals surface area contributed by atoms with Gasteiger partial charge in [-0.1, -0.05) is 11.3 Å². The van der Waals surface area contributed by atoms with Gasteiger partial charge >= 0.3 is 0 Å². The first-order chi connectivity index (χ1) is 8.61. The van der Waals surface area contributed by atoms with Gasteiger partial charge in [0.25, 0.3) is 6.54 Å². The molecule has 2 N–H and O–H groups in total. The van der Waals surface area contributed by atoms with E-state index in [1.54, 1.807) is 18.0 Å². The minimum absolute atomic E-state index is 0.196. The van der Waals surface area contributed by atoms with Crippen LogP contribution in [0, 0.1) is 10.1 Å². The number of rotatable bonds is 7. The van der Waals surface area contributed by atoms with Gasteiger partial charge in [0.15, 0.2) is 0 Å². The van der Waals surface area contributed by atoms with E-state index in [0.717, 1.165) is 16.5 Å². The highest BCUT2D eigenvalue weighted by Crippen LogP contribution is 2.17. The molecule has 7 nitrogen and oxygen atoms in total. The van der Waals surface area contributed by atoms with Crippen molar-refractivity contribution in [2.75, 3.05) is 30.8 Å². The van der Waals surface area contributed by atoms with Crippen LogP contribution in [0.25, 0.3) is 0 Å². The minimum atomic E-state index is -0.369. The van der Waals surface area contributed by atoms with Gasteiger partial charge in [-0.25, -0.2) is 0 Å². The Kier molecular flexibility index (Phi) is 6.98. The number of hydrogen-bond acceptors (Lipinski definition) is 9. The van der Waals surface area contributed by atoms with E-state index < -0.39 is 0 Å². The number of aromatic nitrogens is 2. The van der Waals surface area contributed by atoms with Crippen molar-refractivity contribution in [3.8, 4) is 0 Å². The smallest absolute Gasteiger partial charge is 0.250 e. The maximum atomic E-state index is 10.3. The van der Waals surface area contributed by atoms with E-state index in [9.17, 15) is 10.1 Å². The van der Waals surface area contributed by atoms with Crippen LogP contribution in [0.3, 0.4) is 0 Å². The van der Waals surface area contributed by atoms with Gasteiger partial charge in [-0.15, -0.1) is 22.0 Å². The second kappa shape index (κ2) is 8.27. The quantitative estimate of drug-likeness (QED) is 0.266. The Hall–Kier alpha value is -0.870. The highest BCUT2D eigenvalue weighted by Gasteiger charge is 2.05. The van der Waals surface area contributed by atoms with Crippen LogP contribution >= 0.6 is 34.9 Å². The van der Waals surface area contributed by atoms with Crippen LogP contribution in [0.5, 0.6) is 0 Å². The summed E-state index contributed by atoms with van der Waals surface area (Å²) >= 11 is 4.35. The van der Waals surface area contributed by atoms with Crippen molar-refractivity contribution < 1.29 is 4.92 Å². The molecule has 1 aromatic heterocycles. The first-order valence-electron chi connectivity index (χ1n) is 4.96. The zero-order valence-corrected chi connectivity index (χ0v) is 12.2. The largest absolute Gasteiger partial charge is 0.374 e. The zero-order valence-electron chi connectivity index (χ0n) is 9.74. The van der Waals surface area contributed by atoms with Gasteiger partial charge in [0.1, 0.15) is 10.1 Å². The molecule has 0 aliphatic rings. The maximum absolute atomic E-state index is 10.3. The number of nitro groups is 1. The van der Waals surface area contributed by atoms with Crippen LogP contribution in [0.15, 0.2) is 4.99 Å². The normalized spacial score (nSPS) is 11.7. The zero-order chi connectivity index (χ0) is 13.4. The molecule has 0 radical (unpaired) electrons. The molecule has 1 rings (SSSR count). The molecule has 0 saturated heterocycles. The Balaban J connectivity index is 2.20. The summed E-state index contributed by atoms with van der Waals surface area (Å²) in [7, 11) is 0. The van der Waals surface area contributed by atoms with Crippen molar-refractivity contribution in [3.05, 3.63) is 15.1 Å². The molecule has 0 fully saturated rings. The fraction of sp³-hybridized carbons (Fsp3) is 0.625. The standard InChI is InChI=1S/C8H13N5O2S3/c1-16-6(4-13(14)15)10-2-3-17-5-7-11-12-8(9)18-7/h2-5H2,1H3,(H2,9,12). The van der Waals surface area contributed by atoms with E-state index in [4.69, 9.17) is 5.73 Å². The summed E-state index contributed by atoms with van der Waals surface area (Å²) in [4.78, 5) is 14.1. The fourth-order valence-electron chi connectivity index (χ4n) is 1.01. The molecule has 0 unspecified atom stereocenters. The molecule has 0 aliphatic carbocycles.